The van der Waals surface area contributed by atoms with E-state index in [0.29, 0.717) is 5.56 Å². The third kappa shape index (κ3) is 5.30. The van der Waals surface area contributed by atoms with E-state index in [0.717, 1.165) is 16.7 Å². The van der Waals surface area contributed by atoms with Gasteiger partial charge < -0.3 is 15.2 Å². The molecule has 1 amide bonds. The van der Waals surface area contributed by atoms with E-state index in [-0.39, 0.29) is 6.42 Å². The molecule has 0 fully saturated rings. The van der Waals surface area contributed by atoms with Crippen molar-refractivity contribution in [1.29, 1.82) is 0 Å². The Morgan fingerprint density at radius 2 is 1.41 bits per heavy atom. The van der Waals surface area contributed by atoms with Crippen LogP contribution in [0.2, 0.25) is 0 Å². The van der Waals surface area contributed by atoms with Crippen molar-refractivity contribution < 1.29 is 19.4 Å². The number of benzene rings is 3. The number of rotatable bonds is 8. The summed E-state index contributed by atoms with van der Waals surface area (Å²) in [6.07, 6.45) is -0.681. The van der Waals surface area contributed by atoms with Crippen LogP contribution in [0.5, 0.6) is 0 Å². The van der Waals surface area contributed by atoms with Gasteiger partial charge in [0, 0.05) is 13.5 Å². The van der Waals surface area contributed by atoms with Crippen LogP contribution in [0.1, 0.15) is 17.2 Å². The molecule has 0 unspecified atom stereocenters. The molecule has 3 rings (SSSR count). The number of carbonyl (C=O) groups excluding carboxylic acids is 1. The Labute approximate surface area is 170 Å². The molecular formula is C24H23NO4. The number of carboxylic acid groups (broad SMARTS) is 1. The van der Waals surface area contributed by atoms with E-state index in [4.69, 9.17) is 4.74 Å². The van der Waals surface area contributed by atoms with Crippen LogP contribution in [-0.2, 0) is 20.7 Å². The maximum Gasteiger partial charge on any atom is 0.326 e. The van der Waals surface area contributed by atoms with E-state index in [1.54, 1.807) is 24.3 Å². The predicted molar refractivity (Wildman–Crippen MR) is 111 cm³/mol. The van der Waals surface area contributed by atoms with E-state index >= 15 is 0 Å². The summed E-state index contributed by atoms with van der Waals surface area (Å²) in [6, 6.07) is 25.5. The number of nitrogens with one attached hydrogen (secondary N) is 1. The molecule has 0 spiro atoms. The van der Waals surface area contributed by atoms with Gasteiger partial charge in [0.25, 0.3) is 5.91 Å². The monoisotopic (exact) mass is 389 g/mol. The number of aliphatic carboxylic acids is 1. The molecular weight excluding hydrogens is 366 g/mol. The Kier molecular flexibility index (Phi) is 6.76. The van der Waals surface area contributed by atoms with Crippen molar-refractivity contribution in [1.82, 2.24) is 5.32 Å². The smallest absolute Gasteiger partial charge is 0.326 e. The van der Waals surface area contributed by atoms with E-state index < -0.39 is 24.0 Å². The second kappa shape index (κ2) is 9.66. The minimum atomic E-state index is -1.09. The van der Waals surface area contributed by atoms with Gasteiger partial charge in [0.2, 0.25) is 0 Å². The van der Waals surface area contributed by atoms with Gasteiger partial charge >= 0.3 is 5.97 Å². The number of ether oxygens (including phenoxy) is 1. The molecule has 0 aliphatic carbocycles. The van der Waals surface area contributed by atoms with Crippen LogP contribution in [0, 0.1) is 0 Å². The normalized spacial score (nSPS) is 12.7. The van der Waals surface area contributed by atoms with Crippen molar-refractivity contribution in [3.05, 3.63) is 96.1 Å². The van der Waals surface area contributed by atoms with Gasteiger partial charge in [-0.25, -0.2) is 4.79 Å². The lowest BCUT2D eigenvalue weighted by molar-refractivity contribution is -0.144. The summed E-state index contributed by atoms with van der Waals surface area (Å²) in [7, 11) is 1.43. The number of carbonyl (C=O) groups is 2. The van der Waals surface area contributed by atoms with Gasteiger partial charge in [-0.05, 0) is 22.3 Å². The number of hydrogen-bond donors (Lipinski definition) is 2. The molecule has 0 saturated heterocycles. The Bertz CT molecular complexity index is 940. The summed E-state index contributed by atoms with van der Waals surface area (Å²) in [6.45, 7) is 0. The lowest BCUT2D eigenvalue weighted by atomic mass is 10.0. The molecule has 0 aromatic heterocycles. The third-order valence-corrected chi connectivity index (χ3v) is 4.69. The third-order valence-electron chi connectivity index (χ3n) is 4.69. The van der Waals surface area contributed by atoms with Crippen LogP contribution in [0.4, 0.5) is 0 Å². The number of amides is 1. The van der Waals surface area contributed by atoms with Crippen molar-refractivity contribution >= 4 is 11.9 Å². The molecule has 3 aromatic rings. The first-order valence-electron chi connectivity index (χ1n) is 9.34. The minimum absolute atomic E-state index is 0.182. The van der Waals surface area contributed by atoms with Crippen molar-refractivity contribution in [2.75, 3.05) is 7.11 Å². The highest BCUT2D eigenvalue weighted by Crippen LogP contribution is 2.20. The molecule has 5 nitrogen and oxygen atoms in total. The summed E-state index contributed by atoms with van der Waals surface area (Å²) in [5, 5.41) is 12.2. The van der Waals surface area contributed by atoms with Gasteiger partial charge in [0.1, 0.15) is 6.04 Å². The molecule has 148 valence electrons. The van der Waals surface area contributed by atoms with Crippen LogP contribution < -0.4 is 5.32 Å². The molecule has 3 aromatic carbocycles. The van der Waals surface area contributed by atoms with E-state index in [2.05, 4.69) is 5.32 Å². The molecule has 29 heavy (non-hydrogen) atoms. The number of hydrogen-bond acceptors (Lipinski definition) is 3. The van der Waals surface area contributed by atoms with Gasteiger partial charge in [-0.15, -0.1) is 0 Å². The maximum atomic E-state index is 12.6. The average Bonchev–Trinajstić information content (AvgIpc) is 2.75. The molecule has 2 atom stereocenters. The van der Waals surface area contributed by atoms with Crippen molar-refractivity contribution in [3.8, 4) is 11.1 Å². The standard InChI is InChI=1S/C24H23NO4/c1-29-22(20-10-6-3-7-11-20)23(26)25-21(24(27)28)16-17-12-14-19(15-13-17)18-8-4-2-5-9-18/h2-15,21-22H,16H2,1H3,(H,25,26)(H,27,28)/t21-,22+/m1/s1. The predicted octanol–water partition coefficient (Wildman–Crippen LogP) is 3.85. The van der Waals surface area contributed by atoms with E-state index in [1.807, 2.05) is 60.7 Å². The molecule has 0 aliphatic rings. The van der Waals surface area contributed by atoms with Gasteiger partial charge in [-0.2, -0.15) is 0 Å². The van der Waals surface area contributed by atoms with E-state index in [9.17, 15) is 14.7 Å². The van der Waals surface area contributed by atoms with Crippen LogP contribution in [0.25, 0.3) is 11.1 Å². The second-order valence-corrected chi connectivity index (χ2v) is 6.69. The largest absolute Gasteiger partial charge is 0.480 e. The van der Waals surface area contributed by atoms with Gasteiger partial charge in [0.05, 0.1) is 0 Å². The first kappa shape index (κ1) is 20.3. The Morgan fingerprint density at radius 3 is 1.97 bits per heavy atom. The molecule has 5 heteroatoms. The number of methoxy groups -OCH3 is 1. The van der Waals surface area contributed by atoms with Gasteiger partial charge in [-0.3, -0.25) is 4.79 Å². The summed E-state index contributed by atoms with van der Waals surface area (Å²) < 4.78 is 5.29. The topological polar surface area (TPSA) is 75.6 Å². The highest BCUT2D eigenvalue weighted by Gasteiger charge is 2.26. The highest BCUT2D eigenvalue weighted by atomic mass is 16.5. The van der Waals surface area contributed by atoms with Crippen molar-refractivity contribution in [2.45, 2.75) is 18.6 Å². The van der Waals surface area contributed by atoms with Crippen LogP contribution >= 0.6 is 0 Å². The first-order valence-corrected chi connectivity index (χ1v) is 9.34. The molecule has 2 N–H and O–H groups in total. The fraction of sp³-hybridized carbons (Fsp3) is 0.167. The van der Waals surface area contributed by atoms with Crippen molar-refractivity contribution in [3.63, 3.8) is 0 Å². The highest BCUT2D eigenvalue weighted by molar-refractivity contribution is 5.87. The molecule has 0 bridgehead atoms. The number of carboxylic acids is 1. The van der Waals surface area contributed by atoms with Crippen LogP contribution in [-0.4, -0.2) is 30.1 Å². The van der Waals surface area contributed by atoms with Crippen LogP contribution in [0.15, 0.2) is 84.9 Å². The van der Waals surface area contributed by atoms with Gasteiger partial charge in [0.15, 0.2) is 6.10 Å². The summed E-state index contributed by atoms with van der Waals surface area (Å²) in [5.41, 5.74) is 3.64. The molecule has 0 heterocycles. The average molecular weight is 389 g/mol. The summed E-state index contributed by atoms with van der Waals surface area (Å²) >= 11 is 0. The maximum absolute atomic E-state index is 12.6. The van der Waals surface area contributed by atoms with Crippen LogP contribution in [0.3, 0.4) is 0 Å². The van der Waals surface area contributed by atoms with Gasteiger partial charge in [-0.1, -0.05) is 84.9 Å². The lowest BCUT2D eigenvalue weighted by Crippen LogP contribution is -2.44. The summed E-state index contributed by atoms with van der Waals surface area (Å²) in [4.78, 5) is 24.3. The molecule has 0 aliphatic heterocycles. The Hall–Kier alpha value is -3.44. The zero-order valence-electron chi connectivity index (χ0n) is 16.1. The minimum Gasteiger partial charge on any atom is -0.480 e. The fourth-order valence-electron chi connectivity index (χ4n) is 3.17. The zero-order chi connectivity index (χ0) is 20.6. The zero-order valence-corrected chi connectivity index (χ0v) is 16.1. The SMILES string of the molecule is CO[C@H](C(=O)N[C@H](Cc1ccc(-c2ccccc2)cc1)C(=O)O)c1ccccc1. The van der Waals surface area contributed by atoms with Crippen molar-refractivity contribution in [2.24, 2.45) is 0 Å². The summed E-state index contributed by atoms with van der Waals surface area (Å²) in [5.74, 6) is -1.57. The molecule has 0 saturated carbocycles. The first-order chi connectivity index (χ1) is 14.1. The quantitative estimate of drug-likeness (QED) is 0.614. The van der Waals surface area contributed by atoms with E-state index in [1.165, 1.54) is 7.11 Å². The Balaban J connectivity index is 1.70. The molecule has 0 radical (unpaired) electrons. The lowest BCUT2D eigenvalue weighted by Gasteiger charge is -2.20. The second-order valence-electron chi connectivity index (χ2n) is 6.69. The Morgan fingerprint density at radius 1 is 0.862 bits per heavy atom. The fourth-order valence-corrected chi connectivity index (χ4v) is 3.17.